The molecule has 2 rings (SSSR count). The Labute approximate surface area is 184 Å². The lowest BCUT2D eigenvalue weighted by Crippen LogP contribution is -2.56. The minimum absolute atomic E-state index is 0.127. The molecule has 0 heterocycles. The second-order valence-corrected chi connectivity index (χ2v) is 9.04. The molecule has 0 aliphatic carbocycles. The van der Waals surface area contributed by atoms with Gasteiger partial charge in [0.1, 0.15) is 6.17 Å². The molecule has 2 aromatic carbocycles. The Hall–Kier alpha value is -0.760. The van der Waals surface area contributed by atoms with Gasteiger partial charge in [-0.1, -0.05) is 70.7 Å². The van der Waals surface area contributed by atoms with E-state index in [0.29, 0.717) is 20.7 Å². The van der Waals surface area contributed by atoms with Crippen molar-refractivity contribution in [2.45, 2.75) is 9.96 Å². The number of alkyl halides is 3. The predicted octanol–water partition coefficient (Wildman–Crippen LogP) is 5.52. The monoisotopic (exact) mass is 513 g/mol. The number of hydrogen-bond acceptors (Lipinski definition) is 2. The van der Waals surface area contributed by atoms with Crippen molar-refractivity contribution in [3.05, 3.63) is 63.6 Å². The number of amides is 1. The third-order valence-corrected chi connectivity index (χ3v) is 5.01. The van der Waals surface area contributed by atoms with Crippen molar-refractivity contribution in [1.29, 1.82) is 0 Å². The highest BCUT2D eigenvalue weighted by atomic mass is 79.9. The Morgan fingerprint density at radius 3 is 2.27 bits per heavy atom. The van der Waals surface area contributed by atoms with Gasteiger partial charge < -0.3 is 16.0 Å². The molecule has 1 amide bonds. The van der Waals surface area contributed by atoms with Gasteiger partial charge in [0, 0.05) is 4.47 Å². The molecule has 4 nitrogen and oxygen atoms in total. The molecular weight excluding hydrogens is 504 g/mol. The number of para-hydroxylation sites is 1. The highest BCUT2D eigenvalue weighted by Gasteiger charge is 2.35. The first-order valence-corrected chi connectivity index (χ1v) is 9.84. The maximum Gasteiger partial charge on any atom is 0.254 e. The van der Waals surface area contributed by atoms with Crippen molar-refractivity contribution >= 4 is 91.3 Å². The second kappa shape index (κ2) is 9.44. The molecule has 0 bridgehead atoms. The third-order valence-electron chi connectivity index (χ3n) is 3.12. The molecule has 0 spiro atoms. The summed E-state index contributed by atoms with van der Waals surface area (Å²) in [5, 5.41) is 8.87. The molecular formula is C16H12BrCl4N3OS. The van der Waals surface area contributed by atoms with Crippen LogP contribution < -0.4 is 16.0 Å². The van der Waals surface area contributed by atoms with E-state index in [-0.39, 0.29) is 5.11 Å². The van der Waals surface area contributed by atoms with Crippen molar-refractivity contribution in [3.8, 4) is 0 Å². The van der Waals surface area contributed by atoms with Crippen LogP contribution in [0.4, 0.5) is 5.69 Å². The van der Waals surface area contributed by atoms with Crippen LogP contribution in [-0.2, 0) is 0 Å². The molecule has 26 heavy (non-hydrogen) atoms. The Morgan fingerprint density at radius 1 is 1.04 bits per heavy atom. The predicted molar refractivity (Wildman–Crippen MR) is 116 cm³/mol. The van der Waals surface area contributed by atoms with Gasteiger partial charge in [0.25, 0.3) is 5.91 Å². The highest BCUT2D eigenvalue weighted by Crippen LogP contribution is 2.30. The van der Waals surface area contributed by atoms with Crippen LogP contribution in [0.3, 0.4) is 0 Å². The van der Waals surface area contributed by atoms with E-state index in [9.17, 15) is 4.79 Å². The van der Waals surface area contributed by atoms with E-state index in [4.69, 9.17) is 58.6 Å². The number of nitrogens with one attached hydrogen (secondary N) is 3. The highest BCUT2D eigenvalue weighted by molar-refractivity contribution is 9.10. The normalized spacial score (nSPS) is 12.2. The average molecular weight is 516 g/mol. The number of anilines is 1. The zero-order valence-electron chi connectivity index (χ0n) is 12.9. The number of benzene rings is 2. The van der Waals surface area contributed by atoms with Crippen LogP contribution in [-0.4, -0.2) is 21.0 Å². The summed E-state index contributed by atoms with van der Waals surface area (Å²) in [6.45, 7) is 0. The first-order chi connectivity index (χ1) is 12.2. The minimum Gasteiger partial charge on any atom is -0.339 e. The van der Waals surface area contributed by atoms with Crippen LogP contribution in [0.25, 0.3) is 0 Å². The van der Waals surface area contributed by atoms with Gasteiger partial charge in [-0.3, -0.25) is 4.79 Å². The van der Waals surface area contributed by atoms with E-state index in [1.807, 2.05) is 0 Å². The van der Waals surface area contributed by atoms with Gasteiger partial charge in [-0.15, -0.1) is 0 Å². The lowest BCUT2D eigenvalue weighted by atomic mass is 10.2. The summed E-state index contributed by atoms with van der Waals surface area (Å²) in [6.07, 6.45) is -1.09. The van der Waals surface area contributed by atoms with E-state index in [1.54, 1.807) is 48.5 Å². The largest absolute Gasteiger partial charge is 0.339 e. The van der Waals surface area contributed by atoms with Crippen LogP contribution in [0.1, 0.15) is 10.4 Å². The van der Waals surface area contributed by atoms with Gasteiger partial charge in [-0.05, 0) is 52.4 Å². The molecule has 2 aromatic rings. The minimum atomic E-state index is -1.86. The second-order valence-electron chi connectivity index (χ2n) is 5.01. The SMILES string of the molecule is O=C(NC(NC(=S)Nc1ccccc1Cl)C(Cl)(Cl)Cl)c1ccccc1Br. The fourth-order valence-corrected chi connectivity index (χ4v) is 3.11. The number of halogens is 5. The van der Waals surface area contributed by atoms with Gasteiger partial charge in [-0.25, -0.2) is 0 Å². The van der Waals surface area contributed by atoms with Gasteiger partial charge >= 0.3 is 0 Å². The van der Waals surface area contributed by atoms with Crippen LogP contribution in [0, 0.1) is 0 Å². The molecule has 0 aliphatic rings. The molecule has 0 aliphatic heterocycles. The topological polar surface area (TPSA) is 53.2 Å². The smallest absolute Gasteiger partial charge is 0.254 e. The molecule has 0 saturated carbocycles. The molecule has 0 aromatic heterocycles. The average Bonchev–Trinajstić information content (AvgIpc) is 2.56. The summed E-state index contributed by atoms with van der Waals surface area (Å²) in [4.78, 5) is 12.5. The van der Waals surface area contributed by atoms with E-state index >= 15 is 0 Å². The molecule has 0 saturated heterocycles. The van der Waals surface area contributed by atoms with Gasteiger partial charge in [0.05, 0.1) is 16.3 Å². The maximum absolute atomic E-state index is 12.5. The summed E-state index contributed by atoms with van der Waals surface area (Å²) < 4.78 is -1.25. The Balaban J connectivity index is 2.10. The molecule has 1 atom stereocenters. The number of carbonyl (C=O) groups excluding carboxylic acids is 1. The zero-order chi connectivity index (χ0) is 19.3. The summed E-state index contributed by atoms with van der Waals surface area (Å²) >= 11 is 32.5. The summed E-state index contributed by atoms with van der Waals surface area (Å²) in [7, 11) is 0. The number of hydrogen-bond donors (Lipinski definition) is 3. The molecule has 0 fully saturated rings. The first kappa shape index (κ1) is 21.5. The van der Waals surface area contributed by atoms with Crippen molar-refractivity contribution in [2.24, 2.45) is 0 Å². The van der Waals surface area contributed by atoms with Crippen molar-refractivity contribution in [2.75, 3.05) is 5.32 Å². The molecule has 138 valence electrons. The van der Waals surface area contributed by atoms with Crippen LogP contribution >= 0.6 is 74.6 Å². The van der Waals surface area contributed by atoms with Crippen LogP contribution in [0.15, 0.2) is 53.0 Å². The Kier molecular flexibility index (Phi) is 7.82. The van der Waals surface area contributed by atoms with E-state index in [0.717, 1.165) is 0 Å². The Bertz CT molecular complexity index is 816. The van der Waals surface area contributed by atoms with E-state index < -0.39 is 15.9 Å². The number of carbonyl (C=O) groups is 1. The summed E-state index contributed by atoms with van der Waals surface area (Å²) in [6, 6.07) is 13.9. The quantitative estimate of drug-likeness (QED) is 0.285. The first-order valence-electron chi connectivity index (χ1n) is 7.12. The van der Waals surface area contributed by atoms with Gasteiger partial charge in [0.15, 0.2) is 5.11 Å². The number of thiocarbonyl (C=S) groups is 1. The van der Waals surface area contributed by atoms with Crippen LogP contribution in [0.2, 0.25) is 5.02 Å². The molecule has 0 radical (unpaired) electrons. The lowest BCUT2D eigenvalue weighted by molar-refractivity contribution is 0.0934. The molecule has 10 heteroatoms. The van der Waals surface area contributed by atoms with Crippen molar-refractivity contribution in [1.82, 2.24) is 10.6 Å². The fourth-order valence-electron chi connectivity index (χ4n) is 1.91. The third kappa shape index (κ3) is 6.15. The lowest BCUT2D eigenvalue weighted by Gasteiger charge is -2.28. The van der Waals surface area contributed by atoms with Crippen molar-refractivity contribution in [3.63, 3.8) is 0 Å². The van der Waals surface area contributed by atoms with E-state index in [2.05, 4.69) is 31.9 Å². The van der Waals surface area contributed by atoms with Gasteiger partial charge in [-0.2, -0.15) is 0 Å². The van der Waals surface area contributed by atoms with Gasteiger partial charge in [0.2, 0.25) is 3.79 Å². The standard InChI is InChI=1S/C16H12BrCl4N3OS/c17-10-6-2-1-5-9(10)13(25)23-14(16(19,20)21)24-15(26)22-12-8-4-3-7-11(12)18/h1-8,14H,(H,23,25)(H2,22,24,26). The van der Waals surface area contributed by atoms with Crippen LogP contribution in [0.5, 0.6) is 0 Å². The number of rotatable bonds is 4. The fraction of sp³-hybridized carbons (Fsp3) is 0.125. The Morgan fingerprint density at radius 2 is 1.65 bits per heavy atom. The summed E-state index contributed by atoms with van der Waals surface area (Å²) in [5.74, 6) is -0.443. The molecule has 3 N–H and O–H groups in total. The zero-order valence-corrected chi connectivity index (χ0v) is 18.3. The molecule has 1 unspecified atom stereocenters. The maximum atomic E-state index is 12.5. The van der Waals surface area contributed by atoms with E-state index in [1.165, 1.54) is 0 Å². The van der Waals surface area contributed by atoms with Crippen molar-refractivity contribution < 1.29 is 4.79 Å². The summed E-state index contributed by atoms with van der Waals surface area (Å²) in [5.41, 5.74) is 0.963.